The van der Waals surface area contributed by atoms with E-state index in [2.05, 4.69) is 15.1 Å². The van der Waals surface area contributed by atoms with Crippen LogP contribution >= 0.6 is 0 Å². The van der Waals surface area contributed by atoms with Crippen LogP contribution in [0.2, 0.25) is 0 Å². The fraction of sp³-hybridized carbons (Fsp3) is 0.238. The average molecular weight is 448 g/mol. The van der Waals surface area contributed by atoms with Gasteiger partial charge in [0.2, 0.25) is 10.0 Å². The molecular formula is C21H22F2N4O3S. The van der Waals surface area contributed by atoms with E-state index in [0.29, 0.717) is 29.2 Å². The predicted molar refractivity (Wildman–Crippen MR) is 115 cm³/mol. The van der Waals surface area contributed by atoms with Crippen LogP contribution in [0.15, 0.2) is 42.5 Å². The highest BCUT2D eigenvalue weighted by atomic mass is 32.2. The minimum Gasteiger partial charge on any atom is -0.322 e. The Hall–Kier alpha value is -3.27. The average Bonchev–Trinajstić information content (AvgIpc) is 2.97. The molecule has 0 bridgehead atoms. The molecule has 0 aliphatic heterocycles. The van der Waals surface area contributed by atoms with Gasteiger partial charge in [0, 0.05) is 17.4 Å². The van der Waals surface area contributed by atoms with Crippen LogP contribution in [0.25, 0.3) is 5.69 Å². The second kappa shape index (κ2) is 8.84. The summed E-state index contributed by atoms with van der Waals surface area (Å²) in [6, 6.07) is 9.34. The topological polar surface area (TPSA) is 93.1 Å². The predicted octanol–water partition coefficient (Wildman–Crippen LogP) is 4.17. The second-order valence-corrected chi connectivity index (χ2v) is 8.85. The van der Waals surface area contributed by atoms with Gasteiger partial charge >= 0.3 is 0 Å². The van der Waals surface area contributed by atoms with Gasteiger partial charge in [0.15, 0.2) is 5.82 Å². The van der Waals surface area contributed by atoms with Crippen LogP contribution in [0.1, 0.15) is 35.1 Å². The van der Waals surface area contributed by atoms with Crippen molar-refractivity contribution in [3.63, 3.8) is 0 Å². The van der Waals surface area contributed by atoms with Crippen molar-refractivity contribution < 1.29 is 22.0 Å². The molecule has 0 fully saturated rings. The molecule has 1 heterocycles. The van der Waals surface area contributed by atoms with E-state index >= 15 is 0 Å². The van der Waals surface area contributed by atoms with Crippen molar-refractivity contribution in [2.75, 3.05) is 15.8 Å². The quantitative estimate of drug-likeness (QED) is 0.567. The molecule has 0 aliphatic carbocycles. The molecule has 0 radical (unpaired) electrons. The number of hydrogen-bond donors (Lipinski definition) is 2. The van der Waals surface area contributed by atoms with Gasteiger partial charge in [-0.2, -0.15) is 5.10 Å². The van der Waals surface area contributed by atoms with E-state index in [1.165, 1.54) is 10.7 Å². The van der Waals surface area contributed by atoms with Crippen LogP contribution in [0.4, 0.5) is 20.2 Å². The Balaban J connectivity index is 1.80. The van der Waals surface area contributed by atoms with E-state index in [-0.39, 0.29) is 17.0 Å². The molecule has 2 aromatic carbocycles. The molecule has 1 amide bonds. The number of benzene rings is 2. The van der Waals surface area contributed by atoms with Crippen molar-refractivity contribution in [2.24, 2.45) is 0 Å². The molecule has 0 saturated carbocycles. The summed E-state index contributed by atoms with van der Waals surface area (Å²) in [6.45, 7) is 5.00. The maximum absolute atomic E-state index is 14.2. The Kier molecular flexibility index (Phi) is 6.40. The molecule has 7 nitrogen and oxygen atoms in total. The fourth-order valence-corrected chi connectivity index (χ4v) is 4.31. The standard InChI is InChI=1S/C21H22F2N4O3S/c1-4-11-31(29,30)26-17-8-6-16(7-9-17)24-21(28)20-13(2)25-27(14(20)3)19-10-5-15(22)12-18(19)23/h5-10,12,26H,4,11H2,1-3H3,(H,24,28). The highest BCUT2D eigenvalue weighted by molar-refractivity contribution is 7.92. The van der Waals surface area contributed by atoms with E-state index in [9.17, 15) is 22.0 Å². The minimum atomic E-state index is -3.41. The second-order valence-electron chi connectivity index (χ2n) is 7.01. The number of hydrogen-bond acceptors (Lipinski definition) is 4. The summed E-state index contributed by atoms with van der Waals surface area (Å²) >= 11 is 0. The van der Waals surface area contributed by atoms with Crippen molar-refractivity contribution >= 4 is 27.3 Å². The number of anilines is 2. The van der Waals surface area contributed by atoms with Crippen LogP contribution < -0.4 is 10.0 Å². The van der Waals surface area contributed by atoms with Crippen molar-refractivity contribution in [3.8, 4) is 5.69 Å². The van der Waals surface area contributed by atoms with Gasteiger partial charge in [0.1, 0.15) is 11.5 Å². The van der Waals surface area contributed by atoms with E-state index in [1.54, 1.807) is 45.0 Å². The largest absolute Gasteiger partial charge is 0.322 e. The number of nitrogens with one attached hydrogen (secondary N) is 2. The van der Waals surface area contributed by atoms with Gasteiger partial charge in [-0.25, -0.2) is 21.9 Å². The zero-order valence-electron chi connectivity index (χ0n) is 17.2. The first-order valence-electron chi connectivity index (χ1n) is 9.55. The van der Waals surface area contributed by atoms with Crippen LogP contribution in [-0.2, 0) is 10.0 Å². The molecule has 3 rings (SSSR count). The third kappa shape index (κ3) is 5.08. The van der Waals surface area contributed by atoms with Gasteiger partial charge in [-0.3, -0.25) is 9.52 Å². The van der Waals surface area contributed by atoms with Gasteiger partial charge in [0.25, 0.3) is 5.91 Å². The molecule has 10 heteroatoms. The molecule has 0 unspecified atom stereocenters. The number of carbonyl (C=O) groups is 1. The lowest BCUT2D eigenvalue weighted by atomic mass is 10.1. The van der Waals surface area contributed by atoms with Gasteiger partial charge in [0.05, 0.1) is 22.7 Å². The molecule has 2 N–H and O–H groups in total. The van der Waals surface area contributed by atoms with Crippen molar-refractivity contribution in [2.45, 2.75) is 27.2 Å². The first-order chi connectivity index (χ1) is 14.6. The minimum absolute atomic E-state index is 0.0165. The van der Waals surface area contributed by atoms with E-state index in [0.717, 1.165) is 12.1 Å². The first kappa shape index (κ1) is 22.4. The fourth-order valence-electron chi connectivity index (χ4n) is 3.17. The molecule has 0 atom stereocenters. The van der Waals surface area contributed by atoms with Gasteiger partial charge < -0.3 is 5.32 Å². The number of halogens is 2. The summed E-state index contributed by atoms with van der Waals surface area (Å²) in [5, 5.41) is 6.94. The van der Waals surface area contributed by atoms with Crippen LogP contribution in [-0.4, -0.2) is 29.9 Å². The summed E-state index contributed by atoms with van der Waals surface area (Å²) < 4.78 is 54.8. The maximum atomic E-state index is 14.2. The number of rotatable bonds is 7. The summed E-state index contributed by atoms with van der Waals surface area (Å²) in [6.07, 6.45) is 0.498. The molecule has 0 saturated heterocycles. The summed E-state index contributed by atoms with van der Waals surface area (Å²) in [4.78, 5) is 12.8. The Labute approximate surface area is 179 Å². The van der Waals surface area contributed by atoms with Crippen molar-refractivity contribution in [1.29, 1.82) is 0 Å². The molecule has 164 valence electrons. The van der Waals surface area contributed by atoms with Crippen LogP contribution in [0.5, 0.6) is 0 Å². The van der Waals surface area contributed by atoms with Crippen molar-refractivity contribution in [1.82, 2.24) is 9.78 Å². The van der Waals surface area contributed by atoms with E-state index in [1.807, 2.05) is 0 Å². The normalized spacial score (nSPS) is 11.4. The lowest BCUT2D eigenvalue weighted by molar-refractivity contribution is 0.102. The number of sulfonamides is 1. The summed E-state index contributed by atoms with van der Waals surface area (Å²) in [7, 11) is -3.41. The molecule has 0 aliphatic rings. The summed E-state index contributed by atoms with van der Waals surface area (Å²) in [5.41, 5.74) is 1.90. The number of aryl methyl sites for hydroxylation is 1. The molecule has 1 aromatic heterocycles. The lowest BCUT2D eigenvalue weighted by Gasteiger charge is -2.10. The Morgan fingerprint density at radius 2 is 1.71 bits per heavy atom. The number of nitrogens with zero attached hydrogens (tertiary/aromatic N) is 2. The third-order valence-electron chi connectivity index (χ3n) is 4.55. The molecule has 0 spiro atoms. The van der Waals surface area contributed by atoms with Gasteiger partial charge in [-0.05, 0) is 56.7 Å². The first-order valence-corrected chi connectivity index (χ1v) is 11.2. The van der Waals surface area contributed by atoms with Gasteiger partial charge in [-0.1, -0.05) is 6.92 Å². The highest BCUT2D eigenvalue weighted by Gasteiger charge is 2.21. The zero-order chi connectivity index (χ0) is 22.8. The molecule has 3 aromatic rings. The maximum Gasteiger partial charge on any atom is 0.259 e. The SMILES string of the molecule is CCCS(=O)(=O)Nc1ccc(NC(=O)c2c(C)nn(-c3ccc(F)cc3F)c2C)cc1. The molecular weight excluding hydrogens is 426 g/mol. The smallest absolute Gasteiger partial charge is 0.259 e. The third-order valence-corrected chi connectivity index (χ3v) is 6.04. The van der Waals surface area contributed by atoms with Crippen molar-refractivity contribution in [3.05, 3.63) is 71.1 Å². The summed E-state index contributed by atoms with van der Waals surface area (Å²) in [5.74, 6) is -1.94. The number of carbonyl (C=O) groups excluding carboxylic acids is 1. The van der Waals surface area contributed by atoms with Crippen LogP contribution in [0, 0.1) is 25.5 Å². The highest BCUT2D eigenvalue weighted by Crippen LogP contribution is 2.22. The number of amides is 1. The Bertz CT molecular complexity index is 1220. The van der Waals surface area contributed by atoms with E-state index < -0.39 is 27.6 Å². The lowest BCUT2D eigenvalue weighted by Crippen LogP contribution is -2.16. The van der Waals surface area contributed by atoms with Gasteiger partial charge in [-0.15, -0.1) is 0 Å². The Morgan fingerprint density at radius 3 is 2.32 bits per heavy atom. The monoisotopic (exact) mass is 448 g/mol. The zero-order valence-corrected chi connectivity index (χ0v) is 18.1. The molecule has 31 heavy (non-hydrogen) atoms. The Morgan fingerprint density at radius 1 is 1.06 bits per heavy atom. The van der Waals surface area contributed by atoms with E-state index in [4.69, 9.17) is 0 Å². The van der Waals surface area contributed by atoms with Crippen LogP contribution in [0.3, 0.4) is 0 Å². The number of aromatic nitrogens is 2.